The van der Waals surface area contributed by atoms with E-state index in [1.54, 1.807) is 0 Å². The lowest BCUT2D eigenvalue weighted by atomic mass is 9.75. The summed E-state index contributed by atoms with van der Waals surface area (Å²) in [5.41, 5.74) is -0.902. The number of hydrogen-bond donors (Lipinski definition) is 1. The summed E-state index contributed by atoms with van der Waals surface area (Å²) in [5.74, 6) is 0.711. The van der Waals surface area contributed by atoms with Gasteiger partial charge >= 0.3 is 0 Å². The van der Waals surface area contributed by atoms with Crippen LogP contribution in [0.3, 0.4) is 0 Å². The first-order valence-corrected chi connectivity index (χ1v) is 5.50. The Morgan fingerprint density at radius 1 is 1.31 bits per heavy atom. The zero-order valence-corrected chi connectivity index (χ0v) is 9.07. The van der Waals surface area contributed by atoms with Crippen LogP contribution in [-0.4, -0.2) is 18.8 Å². The molecule has 1 aliphatic rings. The van der Waals surface area contributed by atoms with Crippen molar-refractivity contribution in [3.63, 3.8) is 0 Å². The predicted molar refractivity (Wildman–Crippen MR) is 54.6 cm³/mol. The molecule has 2 atom stereocenters. The van der Waals surface area contributed by atoms with Crippen LogP contribution in [0, 0.1) is 11.8 Å². The summed E-state index contributed by atoms with van der Waals surface area (Å²) in [6.45, 7) is 8.06. The fourth-order valence-corrected chi connectivity index (χ4v) is 2.16. The van der Waals surface area contributed by atoms with Gasteiger partial charge in [-0.25, -0.2) is 4.39 Å². The number of hydrogen-bond acceptors (Lipinski definition) is 1. The molecule has 1 N–H and O–H groups in total. The van der Waals surface area contributed by atoms with E-state index in [9.17, 15) is 4.39 Å². The summed E-state index contributed by atoms with van der Waals surface area (Å²) in [4.78, 5) is 0. The lowest BCUT2D eigenvalue weighted by Crippen LogP contribution is -2.44. The largest absolute Gasteiger partial charge is 0.316 e. The van der Waals surface area contributed by atoms with Crippen molar-refractivity contribution in [1.82, 2.24) is 5.32 Å². The average molecular weight is 187 g/mol. The SMILES string of the molecule is CCC(C)C(C)C1(F)CCNCC1. The Kier molecular flexibility index (Phi) is 3.72. The van der Waals surface area contributed by atoms with Crippen LogP contribution in [-0.2, 0) is 0 Å². The second kappa shape index (κ2) is 4.41. The molecule has 0 aliphatic carbocycles. The topological polar surface area (TPSA) is 12.0 Å². The molecule has 1 rings (SSSR count). The van der Waals surface area contributed by atoms with Crippen LogP contribution >= 0.6 is 0 Å². The summed E-state index contributed by atoms with van der Waals surface area (Å²) in [7, 11) is 0. The maximum atomic E-state index is 14.4. The highest BCUT2D eigenvalue weighted by Gasteiger charge is 2.39. The molecule has 0 radical (unpaired) electrons. The number of rotatable bonds is 3. The Hall–Kier alpha value is -0.110. The fraction of sp³-hybridized carbons (Fsp3) is 1.00. The van der Waals surface area contributed by atoms with Gasteiger partial charge in [0.1, 0.15) is 5.67 Å². The van der Waals surface area contributed by atoms with E-state index >= 15 is 0 Å². The highest BCUT2D eigenvalue weighted by Crippen LogP contribution is 2.36. The molecule has 0 amide bonds. The number of alkyl halides is 1. The molecule has 1 saturated heterocycles. The second-order valence-electron chi connectivity index (χ2n) is 4.46. The van der Waals surface area contributed by atoms with Gasteiger partial charge in [-0.05, 0) is 37.8 Å². The molecule has 13 heavy (non-hydrogen) atoms. The Morgan fingerprint density at radius 2 is 1.85 bits per heavy atom. The van der Waals surface area contributed by atoms with Gasteiger partial charge in [0.25, 0.3) is 0 Å². The summed E-state index contributed by atoms with van der Waals surface area (Å²) >= 11 is 0. The van der Waals surface area contributed by atoms with Crippen LogP contribution in [0.5, 0.6) is 0 Å². The molecule has 0 bridgehead atoms. The first kappa shape index (κ1) is 11.0. The van der Waals surface area contributed by atoms with Crippen molar-refractivity contribution < 1.29 is 4.39 Å². The Balaban J connectivity index is 2.55. The third kappa shape index (κ3) is 2.43. The molecule has 78 valence electrons. The molecule has 0 aromatic rings. The summed E-state index contributed by atoms with van der Waals surface area (Å²) in [6, 6.07) is 0. The van der Waals surface area contributed by atoms with Crippen molar-refractivity contribution in [3.8, 4) is 0 Å². The molecule has 1 nitrogen and oxygen atoms in total. The van der Waals surface area contributed by atoms with E-state index in [4.69, 9.17) is 0 Å². The van der Waals surface area contributed by atoms with Gasteiger partial charge in [0.15, 0.2) is 0 Å². The molecule has 2 heteroatoms. The van der Waals surface area contributed by atoms with E-state index in [1.165, 1.54) is 0 Å². The minimum absolute atomic E-state index is 0.208. The van der Waals surface area contributed by atoms with Gasteiger partial charge in [0.2, 0.25) is 0 Å². The predicted octanol–water partition coefficient (Wildman–Crippen LogP) is 2.76. The average Bonchev–Trinajstić information content (AvgIpc) is 2.16. The van der Waals surface area contributed by atoms with Gasteiger partial charge in [-0.2, -0.15) is 0 Å². The molecule has 0 spiro atoms. The molecular weight excluding hydrogens is 165 g/mol. The zero-order valence-electron chi connectivity index (χ0n) is 9.07. The quantitative estimate of drug-likeness (QED) is 0.716. The minimum Gasteiger partial charge on any atom is -0.316 e. The molecule has 1 heterocycles. The van der Waals surface area contributed by atoms with Gasteiger partial charge in [0, 0.05) is 0 Å². The van der Waals surface area contributed by atoms with Crippen molar-refractivity contribution in [2.24, 2.45) is 11.8 Å². The summed E-state index contributed by atoms with van der Waals surface area (Å²) in [6.07, 6.45) is 2.47. The van der Waals surface area contributed by atoms with E-state index < -0.39 is 5.67 Å². The Bertz CT molecular complexity index is 152. The lowest BCUT2D eigenvalue weighted by molar-refractivity contribution is 0.0264. The molecule has 1 aliphatic heterocycles. The smallest absolute Gasteiger partial charge is 0.116 e. The normalized spacial score (nSPS) is 26.8. The van der Waals surface area contributed by atoms with Gasteiger partial charge in [-0.15, -0.1) is 0 Å². The molecule has 2 unspecified atom stereocenters. The van der Waals surface area contributed by atoms with Crippen LogP contribution < -0.4 is 5.32 Å². The van der Waals surface area contributed by atoms with E-state index in [2.05, 4.69) is 26.1 Å². The van der Waals surface area contributed by atoms with Crippen LogP contribution in [0.1, 0.15) is 40.0 Å². The van der Waals surface area contributed by atoms with Crippen molar-refractivity contribution >= 4 is 0 Å². The standard InChI is InChI=1S/C11H22FN/c1-4-9(2)10(3)11(12)5-7-13-8-6-11/h9-10,13H,4-8H2,1-3H3. The third-order valence-electron chi connectivity index (χ3n) is 3.75. The van der Waals surface area contributed by atoms with Crippen LogP contribution in [0.2, 0.25) is 0 Å². The fourth-order valence-electron chi connectivity index (χ4n) is 2.16. The maximum Gasteiger partial charge on any atom is 0.116 e. The second-order valence-corrected chi connectivity index (χ2v) is 4.46. The van der Waals surface area contributed by atoms with Gasteiger partial charge in [-0.3, -0.25) is 0 Å². The number of nitrogens with one attached hydrogen (secondary N) is 1. The van der Waals surface area contributed by atoms with E-state index in [1.807, 2.05) is 0 Å². The highest BCUT2D eigenvalue weighted by atomic mass is 19.1. The van der Waals surface area contributed by atoms with Gasteiger partial charge in [0.05, 0.1) is 0 Å². The third-order valence-corrected chi connectivity index (χ3v) is 3.75. The highest BCUT2D eigenvalue weighted by molar-refractivity contribution is 4.90. The zero-order chi connectivity index (χ0) is 9.90. The molecule has 0 saturated carbocycles. The van der Waals surface area contributed by atoms with E-state index in [0.29, 0.717) is 18.8 Å². The van der Waals surface area contributed by atoms with Crippen LogP contribution in [0.4, 0.5) is 4.39 Å². The van der Waals surface area contributed by atoms with Crippen molar-refractivity contribution in [1.29, 1.82) is 0 Å². The monoisotopic (exact) mass is 187 g/mol. The van der Waals surface area contributed by atoms with E-state index in [-0.39, 0.29) is 5.92 Å². The van der Waals surface area contributed by atoms with Crippen LogP contribution in [0.15, 0.2) is 0 Å². The number of halogens is 1. The van der Waals surface area contributed by atoms with Crippen molar-refractivity contribution in [2.45, 2.75) is 45.7 Å². The number of piperidine rings is 1. The first-order valence-electron chi connectivity index (χ1n) is 5.50. The summed E-state index contributed by atoms with van der Waals surface area (Å²) < 4.78 is 14.4. The molecule has 1 fully saturated rings. The van der Waals surface area contributed by atoms with Gasteiger partial charge < -0.3 is 5.32 Å². The lowest BCUT2D eigenvalue weighted by Gasteiger charge is -2.38. The summed E-state index contributed by atoms with van der Waals surface area (Å²) in [5, 5.41) is 3.21. The molecule has 0 aromatic heterocycles. The van der Waals surface area contributed by atoms with E-state index in [0.717, 1.165) is 19.5 Å². The minimum atomic E-state index is -0.902. The maximum absolute atomic E-state index is 14.4. The first-order chi connectivity index (χ1) is 6.10. The van der Waals surface area contributed by atoms with Gasteiger partial charge in [-0.1, -0.05) is 27.2 Å². The van der Waals surface area contributed by atoms with Crippen LogP contribution in [0.25, 0.3) is 0 Å². The van der Waals surface area contributed by atoms with Crippen molar-refractivity contribution in [3.05, 3.63) is 0 Å². The Morgan fingerprint density at radius 3 is 2.31 bits per heavy atom. The Labute approximate surface area is 81.1 Å². The molecule has 0 aromatic carbocycles. The van der Waals surface area contributed by atoms with Crippen molar-refractivity contribution in [2.75, 3.05) is 13.1 Å². The molecular formula is C11H22FN.